The van der Waals surface area contributed by atoms with Crippen LogP contribution >= 0.6 is 0 Å². The molecule has 0 aliphatic heterocycles. The summed E-state index contributed by atoms with van der Waals surface area (Å²) in [6.07, 6.45) is 13.0. The molecule has 0 saturated heterocycles. The molecule has 0 unspecified atom stereocenters. The van der Waals surface area contributed by atoms with Crippen LogP contribution in [0.1, 0.15) is 0 Å². The minimum atomic E-state index is 0.977. The van der Waals surface area contributed by atoms with Gasteiger partial charge < -0.3 is 0 Å². The highest BCUT2D eigenvalue weighted by atomic mass is 14.7. The predicted molar refractivity (Wildman–Crippen MR) is 470 cm³/mol. The van der Waals surface area contributed by atoms with Gasteiger partial charge in [-0.15, -0.1) is 0 Å². The van der Waals surface area contributed by atoms with Gasteiger partial charge in [0, 0.05) is 130 Å². The SMILES string of the molecule is c1ccc2c(c1)cnc1ccccc12.c1ccc2c(c1)cnc1ccccc12.c1ccc2c(c1)cnc1ccccc12.c1ccc2nc3ccccc3cc2c1.c1ccc2nc3ccccc3cc2c1.c1ccc2nc3ccccc3cc2c1.c1cnc2c(c1)ccc1cccnc12.c1cnc2c(c1)ccc1cccnc12. The van der Waals surface area contributed by atoms with Gasteiger partial charge in [0.05, 0.1) is 71.7 Å². The van der Waals surface area contributed by atoms with E-state index in [1.807, 2.05) is 207 Å². The Kier molecular flexibility index (Phi) is 20.7. The fourth-order valence-corrected chi connectivity index (χ4v) is 13.9. The third kappa shape index (κ3) is 15.8. The van der Waals surface area contributed by atoms with Crippen molar-refractivity contribution >= 4 is 174 Å². The second-order valence-electron chi connectivity index (χ2n) is 26.6. The Morgan fingerprint density at radius 2 is 0.304 bits per heavy atom. The summed E-state index contributed by atoms with van der Waals surface area (Å²) in [7, 11) is 0. The molecule has 0 amide bonds. The molecule has 0 radical (unpaired) electrons. The lowest BCUT2D eigenvalue weighted by Gasteiger charge is -2.01. The van der Waals surface area contributed by atoms with E-state index in [-0.39, 0.29) is 0 Å². The van der Waals surface area contributed by atoms with Crippen LogP contribution in [0.15, 0.2) is 426 Å². The van der Waals surface area contributed by atoms with Crippen LogP contribution in [-0.4, -0.2) is 49.8 Å². The second-order valence-corrected chi connectivity index (χ2v) is 26.6. The highest BCUT2D eigenvalue weighted by molar-refractivity contribution is 6.08. The van der Waals surface area contributed by atoms with Crippen molar-refractivity contribution in [1.82, 2.24) is 49.8 Å². The first kappa shape index (κ1) is 69.8. The van der Waals surface area contributed by atoms with Gasteiger partial charge in [-0.1, -0.05) is 285 Å². The molecule has 0 aliphatic rings. The van der Waals surface area contributed by atoms with Crippen LogP contribution in [-0.2, 0) is 0 Å². The minimum Gasteiger partial charge on any atom is -0.256 e. The number of fused-ring (bicyclic) bond motifs is 21. The number of aromatic nitrogens is 10. The first-order valence-corrected chi connectivity index (χ1v) is 37.1. The maximum Gasteiger partial charge on any atom is 0.0964 e. The maximum absolute atomic E-state index is 4.58. The van der Waals surface area contributed by atoms with Crippen LogP contribution in [0.4, 0.5) is 0 Å². The summed E-state index contributed by atoms with van der Waals surface area (Å²) in [6, 6.07) is 130. The van der Waals surface area contributed by atoms with Crippen LogP contribution < -0.4 is 0 Å². The molecule has 0 bridgehead atoms. The highest BCUT2D eigenvalue weighted by Crippen LogP contribution is 2.29. The molecule has 14 aromatic carbocycles. The number of nitrogens with zero attached hydrogens (tertiary/aromatic N) is 10. The molecule has 0 saturated carbocycles. The summed E-state index contributed by atoms with van der Waals surface area (Å²) in [5.41, 5.74) is 13.5. The van der Waals surface area contributed by atoms with Crippen LogP contribution in [0, 0.1) is 0 Å². The molecule has 0 atom stereocenters. The van der Waals surface area contributed by atoms with Gasteiger partial charge in [0.25, 0.3) is 0 Å². The van der Waals surface area contributed by atoms with Crippen molar-refractivity contribution in [2.45, 2.75) is 0 Å². The van der Waals surface area contributed by atoms with Crippen LogP contribution in [0.25, 0.3) is 174 Å². The zero-order valence-corrected chi connectivity index (χ0v) is 60.9. The van der Waals surface area contributed by atoms with E-state index in [1.165, 1.54) is 80.8 Å². The summed E-state index contributed by atoms with van der Waals surface area (Å²) in [5, 5.41) is 22.9. The van der Waals surface area contributed by atoms with Crippen molar-refractivity contribution in [3.05, 3.63) is 426 Å². The number of pyridine rings is 10. The van der Waals surface area contributed by atoms with Gasteiger partial charge in [0.2, 0.25) is 0 Å². The molecule has 0 aliphatic carbocycles. The Hall–Kier alpha value is -15.3. The average molecular weight is 1440 g/mol. The van der Waals surface area contributed by atoms with Crippen molar-refractivity contribution in [2.75, 3.05) is 0 Å². The number of hydrogen-bond acceptors (Lipinski definition) is 10. The third-order valence-corrected chi connectivity index (χ3v) is 19.5. The molecule has 10 nitrogen and oxygen atoms in total. The Morgan fingerprint density at radius 1 is 0.125 bits per heavy atom. The van der Waals surface area contributed by atoms with E-state index in [4.69, 9.17) is 0 Å². The molecule has 24 aromatic rings. The summed E-state index contributed by atoms with van der Waals surface area (Å²) in [5.74, 6) is 0. The molecule has 10 aromatic heterocycles. The monoisotopic (exact) mass is 1430 g/mol. The van der Waals surface area contributed by atoms with E-state index in [0.717, 1.165) is 93.3 Å². The van der Waals surface area contributed by atoms with E-state index in [9.17, 15) is 0 Å². The van der Waals surface area contributed by atoms with Crippen LogP contribution in [0.2, 0.25) is 0 Å². The van der Waals surface area contributed by atoms with Crippen molar-refractivity contribution in [3.63, 3.8) is 0 Å². The Morgan fingerprint density at radius 3 is 0.536 bits per heavy atom. The number of hydrogen-bond donors (Lipinski definition) is 0. The second kappa shape index (κ2) is 33.3. The van der Waals surface area contributed by atoms with Gasteiger partial charge >= 0.3 is 0 Å². The highest BCUT2D eigenvalue weighted by Gasteiger charge is 2.06. The largest absolute Gasteiger partial charge is 0.256 e. The van der Waals surface area contributed by atoms with E-state index in [1.54, 1.807) is 24.8 Å². The number of para-hydroxylation sites is 9. The number of benzene rings is 14. The molecule has 112 heavy (non-hydrogen) atoms. The van der Waals surface area contributed by atoms with Gasteiger partial charge in [-0.05, 0) is 113 Å². The Bertz CT molecular complexity index is 5900. The lowest BCUT2D eigenvalue weighted by molar-refractivity contribution is 1.37. The molecule has 10 heteroatoms. The summed E-state index contributed by atoms with van der Waals surface area (Å²) >= 11 is 0. The third-order valence-electron chi connectivity index (χ3n) is 19.5. The molecular formula is C102H70N10. The van der Waals surface area contributed by atoms with Crippen LogP contribution in [0.5, 0.6) is 0 Å². The predicted octanol–water partition coefficient (Wildman–Crippen LogP) is 25.9. The van der Waals surface area contributed by atoms with Gasteiger partial charge in [-0.2, -0.15) is 0 Å². The first-order valence-electron chi connectivity index (χ1n) is 37.1. The summed E-state index contributed by atoms with van der Waals surface area (Å²) in [4.78, 5) is 44.3. The molecule has 0 spiro atoms. The van der Waals surface area contributed by atoms with E-state index < -0.39 is 0 Å². The van der Waals surface area contributed by atoms with Crippen molar-refractivity contribution in [2.24, 2.45) is 0 Å². The zero-order chi connectivity index (χ0) is 75.0. The van der Waals surface area contributed by atoms with Crippen molar-refractivity contribution in [1.29, 1.82) is 0 Å². The molecule has 10 heterocycles. The lowest BCUT2D eigenvalue weighted by atomic mass is 10.1. The van der Waals surface area contributed by atoms with Crippen molar-refractivity contribution < 1.29 is 0 Å². The van der Waals surface area contributed by atoms with E-state index >= 15 is 0 Å². The average Bonchev–Trinajstić information content (AvgIpc) is 0.762. The Labute approximate surface area is 645 Å². The molecule has 24 rings (SSSR count). The molecule has 0 N–H and O–H groups in total. The summed E-state index contributed by atoms with van der Waals surface area (Å²) < 4.78 is 0. The first-order chi connectivity index (χ1) is 55.5. The minimum absolute atomic E-state index is 0.977. The molecular weight excluding hydrogens is 1370 g/mol. The van der Waals surface area contributed by atoms with Crippen LogP contribution in [0.3, 0.4) is 0 Å². The van der Waals surface area contributed by atoms with Gasteiger partial charge in [0.1, 0.15) is 0 Å². The topological polar surface area (TPSA) is 129 Å². The molecule has 0 fully saturated rings. The zero-order valence-electron chi connectivity index (χ0n) is 60.9. The lowest BCUT2D eigenvalue weighted by Crippen LogP contribution is -1.83. The maximum atomic E-state index is 4.58. The van der Waals surface area contributed by atoms with Gasteiger partial charge in [-0.25, -0.2) is 15.0 Å². The normalized spacial score (nSPS) is 10.9. The molecule has 528 valence electrons. The quantitative estimate of drug-likeness (QED) is 0.107. The van der Waals surface area contributed by atoms with E-state index in [0.29, 0.717) is 0 Å². The summed E-state index contributed by atoms with van der Waals surface area (Å²) in [6.45, 7) is 0. The fourth-order valence-electron chi connectivity index (χ4n) is 13.9. The fraction of sp³-hybridized carbons (Fsp3) is 0. The van der Waals surface area contributed by atoms with E-state index in [2.05, 4.69) is 244 Å². The van der Waals surface area contributed by atoms with Crippen molar-refractivity contribution in [3.8, 4) is 0 Å². The van der Waals surface area contributed by atoms with Gasteiger partial charge in [-0.3, -0.25) is 34.9 Å². The van der Waals surface area contributed by atoms with Gasteiger partial charge in [0.15, 0.2) is 0 Å². The standard InChI is InChI=1S/6C13H9N.2C12H8N2/c3*1-3-7-12-10(5-1)9-11-6-2-4-8-13(11)14-12;3*1-2-6-11-10(5-1)9-14-13-8-4-3-7-12(11)13;2*1-3-9-5-6-10-4-2-8-14-12(10)11(9)13-7-1/h6*1-9H;2*1-8H. The smallest absolute Gasteiger partial charge is 0.0964 e. The Balaban J connectivity index is 0.0000000929. The number of rotatable bonds is 0.